The molecule has 0 saturated carbocycles. The number of amides is 1. The van der Waals surface area contributed by atoms with Crippen LogP contribution in [0.1, 0.15) is 61.4 Å². The quantitative estimate of drug-likeness (QED) is 0.0821. The van der Waals surface area contributed by atoms with E-state index in [2.05, 4.69) is 49.3 Å². The van der Waals surface area contributed by atoms with Gasteiger partial charge in [-0.1, -0.05) is 54.4 Å². The van der Waals surface area contributed by atoms with Gasteiger partial charge < -0.3 is 25.2 Å². The second-order valence-electron chi connectivity index (χ2n) is 21.0. The van der Waals surface area contributed by atoms with Gasteiger partial charge in [-0.25, -0.2) is 21.6 Å². The van der Waals surface area contributed by atoms with Crippen LogP contribution in [-0.4, -0.2) is 153 Å². The minimum Gasteiger partial charge on any atom is -0.380 e. The zero-order valence-electron chi connectivity index (χ0n) is 41.8. The molecule has 4 aliphatic heterocycles. The number of hydrogen-bond acceptors (Lipinski definition) is 13. The monoisotopic (exact) mass is 1100 g/mol. The normalized spacial score (nSPS) is 21.8. The van der Waals surface area contributed by atoms with Crippen LogP contribution in [0.25, 0.3) is 5.57 Å². The third-order valence-electron chi connectivity index (χ3n) is 15.6. The first-order valence-corrected chi connectivity index (χ1v) is 29.9. The third-order valence-corrected chi connectivity index (χ3v) is 19.9. The molecule has 1 amide bonds. The molecule has 5 aliphatic rings. The second-order valence-corrected chi connectivity index (χ2v) is 26.1. The van der Waals surface area contributed by atoms with Gasteiger partial charge in [0.05, 0.1) is 23.8 Å². The summed E-state index contributed by atoms with van der Waals surface area (Å²) in [5.41, 5.74) is -0.456. The number of anilines is 2. The molecule has 13 nitrogen and oxygen atoms in total. The number of sulfonamides is 1. The van der Waals surface area contributed by atoms with Gasteiger partial charge in [0.15, 0.2) is 0 Å². The van der Waals surface area contributed by atoms with Crippen LogP contribution in [0.15, 0.2) is 117 Å². The van der Waals surface area contributed by atoms with Gasteiger partial charge in [-0.05, 0) is 140 Å². The lowest BCUT2D eigenvalue weighted by Gasteiger charge is -2.50. The Morgan fingerprint density at radius 1 is 0.824 bits per heavy atom. The predicted molar refractivity (Wildman–Crippen MR) is 287 cm³/mol. The van der Waals surface area contributed by atoms with E-state index in [1.807, 2.05) is 47.2 Å². The molecule has 74 heavy (non-hydrogen) atoms. The largest absolute Gasteiger partial charge is 0.501 e. The number of likely N-dealkylation sites (tertiary alicyclic amines) is 1. The summed E-state index contributed by atoms with van der Waals surface area (Å²) in [6, 6.07) is 26.1. The van der Waals surface area contributed by atoms with E-state index < -0.39 is 52.8 Å². The molecular weight excluding hydrogens is 1030 g/mol. The Balaban J connectivity index is 0.839. The maximum Gasteiger partial charge on any atom is 0.501 e. The molecule has 4 heterocycles. The van der Waals surface area contributed by atoms with Crippen LogP contribution in [-0.2, 0) is 24.6 Å². The number of carbonyl (C=O) groups excluding carboxylic acids is 1. The number of morpholine rings is 1. The molecule has 1 spiro atoms. The zero-order valence-corrected chi connectivity index (χ0v) is 45.1. The lowest BCUT2D eigenvalue weighted by molar-refractivity contribution is -0.0435. The van der Waals surface area contributed by atoms with Crippen molar-refractivity contribution in [2.45, 2.75) is 71.7 Å². The first kappa shape index (κ1) is 54.6. The van der Waals surface area contributed by atoms with Crippen LogP contribution < -0.4 is 20.3 Å². The minimum absolute atomic E-state index is 0.00234. The van der Waals surface area contributed by atoms with Crippen LogP contribution in [0.4, 0.5) is 24.5 Å². The van der Waals surface area contributed by atoms with Crippen LogP contribution >= 0.6 is 23.4 Å². The number of sulfone groups is 1. The zero-order chi connectivity index (χ0) is 52.1. The van der Waals surface area contributed by atoms with Crippen molar-refractivity contribution in [3.63, 3.8) is 0 Å². The van der Waals surface area contributed by atoms with E-state index in [1.165, 1.54) is 53.4 Å². The van der Waals surface area contributed by atoms with Crippen LogP contribution in [0, 0.1) is 10.8 Å². The third kappa shape index (κ3) is 13.3. The van der Waals surface area contributed by atoms with Crippen molar-refractivity contribution in [1.82, 2.24) is 24.7 Å². The Hall–Kier alpha value is -4.18. The summed E-state index contributed by atoms with van der Waals surface area (Å²) in [6.45, 7) is 15.2. The fourth-order valence-corrected chi connectivity index (χ4v) is 14.2. The fourth-order valence-electron chi connectivity index (χ4n) is 11.1. The van der Waals surface area contributed by atoms with E-state index in [0.29, 0.717) is 56.5 Å². The molecule has 4 aromatic rings. The maximum atomic E-state index is 14.3. The number of benzene rings is 4. The lowest BCUT2D eigenvalue weighted by atomic mass is 9.69. The number of carbonyl (C=O) groups is 1. The summed E-state index contributed by atoms with van der Waals surface area (Å²) < 4.78 is 104. The van der Waals surface area contributed by atoms with E-state index in [4.69, 9.17) is 16.3 Å². The predicted octanol–water partition coefficient (Wildman–Crippen LogP) is 8.50. The lowest BCUT2D eigenvalue weighted by Crippen LogP contribution is -2.58. The number of nitrogens with zero attached hydrogens (tertiary/aromatic N) is 4. The molecular formula is C54H67ClF3N7O6S3. The molecule has 4 aromatic carbocycles. The van der Waals surface area contributed by atoms with E-state index >= 15 is 0 Å². The number of thioether (sulfide) groups is 1. The van der Waals surface area contributed by atoms with Gasteiger partial charge in [-0.3, -0.25) is 14.6 Å². The maximum absolute atomic E-state index is 14.3. The number of rotatable bonds is 18. The average Bonchev–Trinajstić information content (AvgIpc) is 3.38. The topological polar surface area (TPSA) is 144 Å². The minimum atomic E-state index is -6.06. The van der Waals surface area contributed by atoms with Gasteiger partial charge in [0.25, 0.3) is 25.8 Å². The smallest absolute Gasteiger partial charge is 0.380 e. The van der Waals surface area contributed by atoms with Crippen LogP contribution in [0.3, 0.4) is 0 Å². The average molecular weight is 1100 g/mol. The summed E-state index contributed by atoms with van der Waals surface area (Å²) in [4.78, 5) is 21.9. The number of alkyl halides is 3. The molecule has 2 unspecified atom stereocenters. The van der Waals surface area contributed by atoms with Gasteiger partial charge in [-0.15, -0.1) is 11.8 Å². The van der Waals surface area contributed by atoms with Gasteiger partial charge in [0.1, 0.15) is 4.90 Å². The highest BCUT2D eigenvalue weighted by molar-refractivity contribution is 7.99. The highest BCUT2D eigenvalue weighted by atomic mass is 35.5. The number of hydrogen-bond donors (Lipinski definition) is 3. The van der Waals surface area contributed by atoms with Crippen LogP contribution in [0.5, 0.6) is 0 Å². The Morgan fingerprint density at radius 3 is 2.16 bits per heavy atom. The Morgan fingerprint density at radius 2 is 1.51 bits per heavy atom. The van der Waals surface area contributed by atoms with Crippen molar-refractivity contribution in [3.05, 3.63) is 119 Å². The molecule has 400 valence electrons. The summed E-state index contributed by atoms with van der Waals surface area (Å²) in [6.07, 6.45) is 6.18. The fraction of sp³-hybridized carbons (Fsp3) is 0.500. The number of piperidine rings is 1. The van der Waals surface area contributed by atoms with E-state index in [1.54, 1.807) is 12.1 Å². The molecule has 0 bridgehead atoms. The molecule has 4 saturated heterocycles. The highest BCUT2D eigenvalue weighted by Crippen LogP contribution is 2.45. The van der Waals surface area contributed by atoms with E-state index in [-0.39, 0.29) is 11.0 Å². The second kappa shape index (κ2) is 23.2. The summed E-state index contributed by atoms with van der Waals surface area (Å²) in [5.74, 6) is -0.651. The standard InChI is InChI=1S/C54H67ClF3N7O6S3/c1-52(39-64-23-20-53(21-24-64)37-59-38-53)19-17-48(40-7-11-43(55)12-8-40)42(34-52)35-63-25-27-65(28-26-63)45-13-9-41(10-14-45)51(66)61-74(69,70)47-15-16-49(50(33-47)73(67,68)54(56,57)58)60-44(18-22-62-29-31-71-32-30-62)36-72-46-5-3-2-4-6-46/h2-16,33,44,59-60H,17-32,34-39H2,1H3,(H,61,66). The number of allylic oxidation sites excluding steroid dienone is 1. The van der Waals surface area contributed by atoms with Gasteiger partial charge in [0, 0.05) is 105 Å². The van der Waals surface area contributed by atoms with Gasteiger partial charge in [-0.2, -0.15) is 13.2 Å². The Bertz CT molecular complexity index is 2840. The molecule has 1 aliphatic carbocycles. The Kier molecular flexibility index (Phi) is 17.1. The molecule has 4 fully saturated rings. The molecule has 0 radical (unpaired) electrons. The number of halogens is 4. The number of nitrogens with one attached hydrogen (secondary N) is 3. The molecule has 2 atom stereocenters. The van der Waals surface area contributed by atoms with E-state index in [9.17, 15) is 34.8 Å². The van der Waals surface area contributed by atoms with Crippen molar-refractivity contribution >= 4 is 66.1 Å². The molecule has 0 aromatic heterocycles. The van der Waals surface area contributed by atoms with Crippen molar-refractivity contribution in [1.29, 1.82) is 0 Å². The van der Waals surface area contributed by atoms with Crippen molar-refractivity contribution in [2.24, 2.45) is 10.8 Å². The molecule has 9 rings (SSSR count). The number of piperazine rings is 1. The SMILES string of the molecule is CC1(CN2CCC3(CC2)CNC3)CCC(c2ccc(Cl)cc2)=C(CN2CCN(c3ccc(C(=O)NS(=O)(=O)c4ccc(NC(CCN5CCOCC5)CSc5ccccc5)c(S(=O)(=O)C(F)(F)F)c4)cc3)CC2)C1. The number of ether oxygens (including phenoxy) is 1. The van der Waals surface area contributed by atoms with Crippen molar-refractivity contribution in [2.75, 3.05) is 114 Å². The first-order chi connectivity index (χ1) is 35.4. The van der Waals surface area contributed by atoms with Crippen molar-refractivity contribution < 1.29 is 39.5 Å². The van der Waals surface area contributed by atoms with Gasteiger partial charge >= 0.3 is 5.51 Å². The summed E-state index contributed by atoms with van der Waals surface area (Å²) in [7, 11) is -10.9. The molecule has 20 heteroatoms. The Labute approximate surface area is 443 Å². The van der Waals surface area contributed by atoms with Crippen molar-refractivity contribution in [3.8, 4) is 0 Å². The van der Waals surface area contributed by atoms with Crippen LogP contribution in [0.2, 0.25) is 5.02 Å². The highest BCUT2D eigenvalue weighted by Gasteiger charge is 2.49. The van der Waals surface area contributed by atoms with E-state index in [0.717, 1.165) is 112 Å². The summed E-state index contributed by atoms with van der Waals surface area (Å²) >= 11 is 7.77. The summed E-state index contributed by atoms with van der Waals surface area (Å²) in [5, 5.41) is 7.21. The van der Waals surface area contributed by atoms with Gasteiger partial charge in [0.2, 0.25) is 0 Å². The first-order valence-electron chi connectivity index (χ1n) is 25.6. The molecule has 3 N–H and O–H groups in total.